The average Bonchev–Trinajstić information content (AvgIpc) is 2.71. The third kappa shape index (κ3) is 4.76. The summed E-state index contributed by atoms with van der Waals surface area (Å²) >= 11 is 0. The molecule has 2 aromatic carbocycles. The van der Waals surface area contributed by atoms with E-state index in [1.165, 1.54) is 26.4 Å². The molecule has 9 heteroatoms. The zero-order valence-electron chi connectivity index (χ0n) is 15.6. The van der Waals surface area contributed by atoms with Gasteiger partial charge in [0, 0.05) is 6.07 Å². The average molecular weight is 389 g/mol. The largest absolute Gasteiger partial charge is 0.493 e. The number of nitrogens with zero attached hydrogens (tertiary/aromatic N) is 1. The predicted molar refractivity (Wildman–Crippen MR) is 97.7 cm³/mol. The first-order valence-corrected chi connectivity index (χ1v) is 8.24. The molecule has 0 saturated carbocycles. The molecule has 0 unspecified atom stereocenters. The summed E-state index contributed by atoms with van der Waals surface area (Å²) in [7, 11) is 2.62. The van der Waals surface area contributed by atoms with Crippen molar-refractivity contribution >= 4 is 17.6 Å². The van der Waals surface area contributed by atoms with Gasteiger partial charge in [0.15, 0.2) is 11.5 Å². The SMILES string of the molecule is CCOc1cc([N+](=O)[O-])c(C(=O)OCc2cccc(C(=O)OC)c2)cc1OC. The van der Waals surface area contributed by atoms with E-state index in [2.05, 4.69) is 4.74 Å². The molecule has 0 aliphatic heterocycles. The fraction of sp³-hybridized carbons (Fsp3) is 0.263. The third-order valence-electron chi connectivity index (χ3n) is 3.72. The van der Waals surface area contributed by atoms with Gasteiger partial charge in [-0.25, -0.2) is 9.59 Å². The van der Waals surface area contributed by atoms with Gasteiger partial charge in [0.25, 0.3) is 5.69 Å². The lowest BCUT2D eigenvalue weighted by atomic mass is 10.1. The van der Waals surface area contributed by atoms with Crippen LogP contribution in [0.25, 0.3) is 0 Å². The number of nitro benzene ring substituents is 1. The van der Waals surface area contributed by atoms with Crippen molar-refractivity contribution in [2.45, 2.75) is 13.5 Å². The Morgan fingerprint density at radius 1 is 1.07 bits per heavy atom. The van der Waals surface area contributed by atoms with Crippen LogP contribution >= 0.6 is 0 Å². The molecule has 0 radical (unpaired) electrons. The van der Waals surface area contributed by atoms with E-state index in [-0.39, 0.29) is 30.3 Å². The zero-order chi connectivity index (χ0) is 20.7. The maximum Gasteiger partial charge on any atom is 0.345 e. The molecule has 0 bridgehead atoms. The van der Waals surface area contributed by atoms with Crippen LogP contribution in [-0.2, 0) is 16.1 Å². The summed E-state index contributed by atoms with van der Waals surface area (Å²) < 4.78 is 20.3. The summed E-state index contributed by atoms with van der Waals surface area (Å²) in [6.45, 7) is 1.81. The summed E-state index contributed by atoms with van der Waals surface area (Å²) in [5, 5.41) is 11.4. The number of carbonyl (C=O) groups excluding carboxylic acids is 2. The molecule has 0 N–H and O–H groups in total. The number of benzene rings is 2. The monoisotopic (exact) mass is 389 g/mol. The zero-order valence-corrected chi connectivity index (χ0v) is 15.6. The number of carbonyl (C=O) groups is 2. The second-order valence-electron chi connectivity index (χ2n) is 5.48. The molecule has 0 saturated heterocycles. The summed E-state index contributed by atoms with van der Waals surface area (Å²) in [6, 6.07) is 8.64. The first kappa shape index (κ1) is 20.7. The van der Waals surface area contributed by atoms with E-state index in [4.69, 9.17) is 14.2 Å². The van der Waals surface area contributed by atoms with Gasteiger partial charge in [0.2, 0.25) is 0 Å². The van der Waals surface area contributed by atoms with Crippen LogP contribution in [0.2, 0.25) is 0 Å². The van der Waals surface area contributed by atoms with E-state index in [1.807, 2.05) is 0 Å². The Morgan fingerprint density at radius 2 is 1.82 bits per heavy atom. The normalized spacial score (nSPS) is 10.1. The van der Waals surface area contributed by atoms with Crippen LogP contribution in [0.3, 0.4) is 0 Å². The van der Waals surface area contributed by atoms with Gasteiger partial charge in [-0.1, -0.05) is 12.1 Å². The predicted octanol–water partition coefficient (Wildman–Crippen LogP) is 3.15. The molecular weight excluding hydrogens is 370 g/mol. The molecule has 0 fully saturated rings. The minimum Gasteiger partial charge on any atom is -0.493 e. The molecule has 0 spiro atoms. The third-order valence-corrected chi connectivity index (χ3v) is 3.72. The number of esters is 2. The van der Waals surface area contributed by atoms with Crippen LogP contribution < -0.4 is 9.47 Å². The van der Waals surface area contributed by atoms with Crippen molar-refractivity contribution in [2.24, 2.45) is 0 Å². The van der Waals surface area contributed by atoms with Gasteiger partial charge in [0.1, 0.15) is 12.2 Å². The highest BCUT2D eigenvalue weighted by molar-refractivity contribution is 5.95. The minimum absolute atomic E-state index is 0.152. The lowest BCUT2D eigenvalue weighted by molar-refractivity contribution is -0.385. The summed E-state index contributed by atoms with van der Waals surface area (Å²) in [4.78, 5) is 34.7. The number of methoxy groups -OCH3 is 2. The van der Waals surface area contributed by atoms with Gasteiger partial charge in [0.05, 0.1) is 37.4 Å². The second kappa shape index (κ2) is 9.36. The molecule has 0 heterocycles. The quantitative estimate of drug-likeness (QED) is 0.384. The smallest absolute Gasteiger partial charge is 0.345 e. The Kier molecular flexibility index (Phi) is 6.91. The molecule has 0 aliphatic rings. The van der Waals surface area contributed by atoms with Crippen molar-refractivity contribution in [3.8, 4) is 11.5 Å². The lowest BCUT2D eigenvalue weighted by Gasteiger charge is -2.12. The Balaban J connectivity index is 2.26. The van der Waals surface area contributed by atoms with Gasteiger partial charge in [-0.05, 0) is 24.6 Å². The Hall–Kier alpha value is -3.62. The van der Waals surface area contributed by atoms with Crippen molar-refractivity contribution in [3.05, 3.63) is 63.2 Å². The van der Waals surface area contributed by atoms with Gasteiger partial charge in [-0.3, -0.25) is 10.1 Å². The molecule has 0 aliphatic carbocycles. The minimum atomic E-state index is -0.906. The van der Waals surface area contributed by atoms with Crippen molar-refractivity contribution in [1.29, 1.82) is 0 Å². The van der Waals surface area contributed by atoms with Crippen LogP contribution in [0.15, 0.2) is 36.4 Å². The van der Waals surface area contributed by atoms with E-state index >= 15 is 0 Å². The van der Waals surface area contributed by atoms with Crippen LogP contribution in [0.5, 0.6) is 11.5 Å². The van der Waals surface area contributed by atoms with Gasteiger partial charge in [-0.15, -0.1) is 0 Å². The van der Waals surface area contributed by atoms with Gasteiger partial charge in [-0.2, -0.15) is 0 Å². The van der Waals surface area contributed by atoms with E-state index in [1.54, 1.807) is 25.1 Å². The maximum atomic E-state index is 12.4. The number of hydrogen-bond acceptors (Lipinski definition) is 8. The Labute approximate surface area is 160 Å². The number of nitro groups is 1. The Bertz CT molecular complexity index is 893. The van der Waals surface area contributed by atoms with Crippen molar-refractivity contribution in [1.82, 2.24) is 0 Å². The number of hydrogen-bond donors (Lipinski definition) is 0. The van der Waals surface area contributed by atoms with E-state index in [9.17, 15) is 19.7 Å². The fourth-order valence-corrected chi connectivity index (χ4v) is 2.42. The number of ether oxygens (including phenoxy) is 4. The maximum absolute atomic E-state index is 12.4. The molecule has 0 amide bonds. The van der Waals surface area contributed by atoms with Crippen LogP contribution in [0.1, 0.15) is 33.2 Å². The van der Waals surface area contributed by atoms with Crippen molar-refractivity contribution < 1.29 is 33.5 Å². The van der Waals surface area contributed by atoms with E-state index < -0.39 is 22.5 Å². The standard InChI is InChI=1S/C19H19NO8/c1-4-27-17-10-15(20(23)24)14(9-16(17)25-2)19(22)28-11-12-6-5-7-13(8-12)18(21)26-3/h5-10H,4,11H2,1-3H3. The van der Waals surface area contributed by atoms with Crippen LogP contribution in [0, 0.1) is 10.1 Å². The molecule has 148 valence electrons. The molecular formula is C19H19NO8. The number of rotatable bonds is 8. The van der Waals surface area contributed by atoms with E-state index in [0.717, 1.165) is 6.07 Å². The molecule has 9 nitrogen and oxygen atoms in total. The lowest BCUT2D eigenvalue weighted by Crippen LogP contribution is -2.10. The van der Waals surface area contributed by atoms with E-state index in [0.29, 0.717) is 11.1 Å². The first-order chi connectivity index (χ1) is 13.4. The molecule has 0 aromatic heterocycles. The summed E-state index contributed by atoms with van der Waals surface area (Å²) in [6.07, 6.45) is 0. The fourth-order valence-electron chi connectivity index (χ4n) is 2.42. The van der Waals surface area contributed by atoms with Crippen molar-refractivity contribution in [2.75, 3.05) is 20.8 Å². The van der Waals surface area contributed by atoms with Crippen LogP contribution in [0.4, 0.5) is 5.69 Å². The van der Waals surface area contributed by atoms with Gasteiger partial charge < -0.3 is 18.9 Å². The van der Waals surface area contributed by atoms with Crippen molar-refractivity contribution in [3.63, 3.8) is 0 Å². The molecule has 0 atom stereocenters. The molecule has 28 heavy (non-hydrogen) atoms. The highest BCUT2D eigenvalue weighted by atomic mass is 16.6. The first-order valence-electron chi connectivity index (χ1n) is 8.24. The second-order valence-corrected chi connectivity index (χ2v) is 5.48. The van der Waals surface area contributed by atoms with Crippen LogP contribution in [-0.4, -0.2) is 37.7 Å². The highest BCUT2D eigenvalue weighted by Crippen LogP contribution is 2.35. The Morgan fingerprint density at radius 3 is 2.43 bits per heavy atom. The summed E-state index contributed by atoms with van der Waals surface area (Å²) in [5.74, 6) is -1.11. The van der Waals surface area contributed by atoms with Gasteiger partial charge >= 0.3 is 11.9 Å². The molecule has 2 aromatic rings. The molecule has 2 rings (SSSR count). The topological polar surface area (TPSA) is 114 Å². The summed E-state index contributed by atoms with van der Waals surface area (Å²) in [5.41, 5.74) is 0.0913. The highest BCUT2D eigenvalue weighted by Gasteiger charge is 2.26.